The highest BCUT2D eigenvalue weighted by atomic mass is 32.1. The molecule has 4 rings (SSSR count). The average Bonchev–Trinajstić information content (AvgIpc) is 3.21. The summed E-state index contributed by atoms with van der Waals surface area (Å²) in [6.07, 6.45) is 4.29. The van der Waals surface area contributed by atoms with Crippen LogP contribution < -0.4 is 0 Å². The molecular formula is C19H17F2N3O3S. The molecule has 1 aromatic carbocycles. The number of benzene rings is 1. The first-order valence-corrected chi connectivity index (χ1v) is 9.93. The lowest BCUT2D eigenvalue weighted by molar-refractivity contribution is -0.144. The van der Waals surface area contributed by atoms with E-state index in [4.69, 9.17) is 0 Å². The topological polar surface area (TPSA) is 70.6 Å². The van der Waals surface area contributed by atoms with Crippen molar-refractivity contribution >= 4 is 29.2 Å². The molecule has 0 N–H and O–H groups in total. The van der Waals surface area contributed by atoms with Gasteiger partial charge in [0.1, 0.15) is 16.6 Å². The average molecular weight is 405 g/mol. The van der Waals surface area contributed by atoms with Gasteiger partial charge in [-0.15, -0.1) is 11.3 Å². The smallest absolute Gasteiger partial charge is 0.263 e. The molecule has 6 nitrogen and oxygen atoms in total. The highest BCUT2D eigenvalue weighted by molar-refractivity contribution is 7.10. The number of amides is 4. The molecule has 0 bridgehead atoms. The van der Waals surface area contributed by atoms with Crippen LogP contribution in [0.3, 0.4) is 0 Å². The number of imide groups is 2. The second-order valence-electron chi connectivity index (χ2n) is 6.86. The number of hydrogen-bond acceptors (Lipinski definition) is 5. The zero-order chi connectivity index (χ0) is 19.8. The summed E-state index contributed by atoms with van der Waals surface area (Å²) >= 11 is 1.07. The minimum atomic E-state index is -0.885. The lowest BCUT2D eigenvalue weighted by Crippen LogP contribution is -2.42. The van der Waals surface area contributed by atoms with Gasteiger partial charge in [-0.2, -0.15) is 0 Å². The third-order valence-electron chi connectivity index (χ3n) is 5.09. The maximum absolute atomic E-state index is 13.9. The summed E-state index contributed by atoms with van der Waals surface area (Å²) in [7, 11) is 0. The van der Waals surface area contributed by atoms with Crippen molar-refractivity contribution in [2.75, 3.05) is 0 Å². The number of hydrogen-bond donors (Lipinski definition) is 0. The maximum atomic E-state index is 13.9. The monoisotopic (exact) mass is 405 g/mol. The molecule has 28 heavy (non-hydrogen) atoms. The molecule has 146 valence electrons. The Morgan fingerprint density at radius 3 is 2.39 bits per heavy atom. The Bertz CT molecular complexity index is 935. The molecule has 2 aliphatic rings. The van der Waals surface area contributed by atoms with Crippen LogP contribution in [-0.2, 0) is 16.1 Å². The minimum absolute atomic E-state index is 0.0881. The number of carbonyl (C=O) groups is 3. The SMILES string of the molecule is O=C1C(=O)N(C2CCCCC2)C(=O)N1Cc1nc(-c2c(F)cccc2F)cs1. The lowest BCUT2D eigenvalue weighted by atomic mass is 9.94. The van der Waals surface area contributed by atoms with Crippen LogP contribution in [0.2, 0.25) is 0 Å². The van der Waals surface area contributed by atoms with E-state index in [1.165, 1.54) is 11.4 Å². The van der Waals surface area contributed by atoms with Crippen LogP contribution in [-0.4, -0.2) is 38.7 Å². The first-order chi connectivity index (χ1) is 13.5. The largest absolute Gasteiger partial charge is 0.334 e. The number of thiazole rings is 1. The van der Waals surface area contributed by atoms with E-state index in [1.54, 1.807) is 0 Å². The van der Waals surface area contributed by atoms with Crippen molar-refractivity contribution in [3.8, 4) is 11.3 Å². The highest BCUT2D eigenvalue weighted by Gasteiger charge is 2.47. The van der Waals surface area contributed by atoms with Crippen LogP contribution in [0.15, 0.2) is 23.6 Å². The third kappa shape index (κ3) is 3.19. The minimum Gasteiger partial charge on any atom is -0.263 e. The van der Waals surface area contributed by atoms with Crippen LogP contribution in [0, 0.1) is 11.6 Å². The number of carbonyl (C=O) groups excluding carboxylic acids is 3. The molecule has 0 spiro atoms. The molecule has 0 atom stereocenters. The summed E-state index contributed by atoms with van der Waals surface area (Å²) in [6, 6.07) is 2.63. The van der Waals surface area contributed by atoms with E-state index in [1.807, 2.05) is 0 Å². The van der Waals surface area contributed by atoms with E-state index >= 15 is 0 Å². The van der Waals surface area contributed by atoms with Crippen molar-refractivity contribution in [2.24, 2.45) is 0 Å². The van der Waals surface area contributed by atoms with E-state index in [9.17, 15) is 23.2 Å². The van der Waals surface area contributed by atoms with Gasteiger partial charge < -0.3 is 0 Å². The normalized spacial score (nSPS) is 18.4. The van der Waals surface area contributed by atoms with Gasteiger partial charge in [0.15, 0.2) is 0 Å². The van der Waals surface area contributed by atoms with Crippen LogP contribution in [0.4, 0.5) is 13.6 Å². The van der Waals surface area contributed by atoms with Gasteiger partial charge >= 0.3 is 17.8 Å². The van der Waals surface area contributed by atoms with Gasteiger partial charge in [0.25, 0.3) is 0 Å². The number of aromatic nitrogens is 1. The number of nitrogens with zero attached hydrogens (tertiary/aromatic N) is 3. The van der Waals surface area contributed by atoms with E-state index in [0.29, 0.717) is 17.8 Å². The Labute approximate surface area is 163 Å². The fourth-order valence-corrected chi connectivity index (χ4v) is 4.47. The van der Waals surface area contributed by atoms with Crippen LogP contribution in [0.25, 0.3) is 11.3 Å². The first kappa shape index (κ1) is 18.7. The predicted molar refractivity (Wildman–Crippen MR) is 97.1 cm³/mol. The highest BCUT2D eigenvalue weighted by Crippen LogP contribution is 2.30. The number of rotatable bonds is 4. The molecule has 9 heteroatoms. The molecule has 0 unspecified atom stereocenters. The maximum Gasteiger partial charge on any atom is 0.334 e. The summed E-state index contributed by atoms with van der Waals surface area (Å²) in [4.78, 5) is 43.4. The van der Waals surface area contributed by atoms with Gasteiger partial charge in [-0.1, -0.05) is 25.3 Å². The van der Waals surface area contributed by atoms with Gasteiger partial charge in [0, 0.05) is 11.4 Å². The van der Waals surface area contributed by atoms with E-state index < -0.39 is 29.5 Å². The van der Waals surface area contributed by atoms with E-state index in [2.05, 4.69) is 4.98 Å². The van der Waals surface area contributed by atoms with Crippen LogP contribution in [0.1, 0.15) is 37.1 Å². The van der Waals surface area contributed by atoms with Crippen LogP contribution in [0.5, 0.6) is 0 Å². The lowest BCUT2D eigenvalue weighted by Gasteiger charge is -2.28. The van der Waals surface area contributed by atoms with Crippen molar-refractivity contribution in [3.05, 3.63) is 40.2 Å². The molecule has 1 aromatic heterocycles. The summed E-state index contributed by atoms with van der Waals surface area (Å²) in [5, 5.41) is 1.78. The van der Waals surface area contributed by atoms with Gasteiger partial charge in [0.2, 0.25) is 0 Å². The molecule has 2 aromatic rings. The van der Waals surface area contributed by atoms with Crippen molar-refractivity contribution in [2.45, 2.75) is 44.7 Å². The second-order valence-corrected chi connectivity index (χ2v) is 7.81. The summed E-state index contributed by atoms with van der Waals surface area (Å²) in [6.45, 7) is -0.201. The quantitative estimate of drug-likeness (QED) is 0.574. The summed E-state index contributed by atoms with van der Waals surface area (Å²) in [5.41, 5.74) is -0.172. The molecule has 1 saturated heterocycles. The summed E-state index contributed by atoms with van der Waals surface area (Å²) in [5.74, 6) is -3.19. The Kier molecular flexibility index (Phi) is 4.92. The third-order valence-corrected chi connectivity index (χ3v) is 5.92. The fourth-order valence-electron chi connectivity index (χ4n) is 3.70. The van der Waals surface area contributed by atoms with Crippen LogP contribution >= 0.6 is 11.3 Å². The van der Waals surface area contributed by atoms with Crippen molar-refractivity contribution in [1.82, 2.24) is 14.8 Å². The predicted octanol–water partition coefficient (Wildman–Crippen LogP) is 3.71. The number of urea groups is 1. The molecule has 2 fully saturated rings. The molecule has 1 aliphatic heterocycles. The van der Waals surface area contributed by atoms with Gasteiger partial charge in [0.05, 0.1) is 17.8 Å². The zero-order valence-corrected chi connectivity index (χ0v) is 15.7. The van der Waals surface area contributed by atoms with Crippen molar-refractivity contribution < 1.29 is 23.2 Å². The van der Waals surface area contributed by atoms with Crippen molar-refractivity contribution in [3.63, 3.8) is 0 Å². The van der Waals surface area contributed by atoms with E-state index in [0.717, 1.165) is 52.5 Å². The Morgan fingerprint density at radius 2 is 1.71 bits per heavy atom. The molecule has 1 saturated carbocycles. The van der Waals surface area contributed by atoms with Gasteiger partial charge in [-0.3, -0.25) is 14.5 Å². The molecule has 4 amide bonds. The molecule has 1 aliphatic carbocycles. The molecule has 2 heterocycles. The van der Waals surface area contributed by atoms with Crippen molar-refractivity contribution in [1.29, 1.82) is 0 Å². The second kappa shape index (κ2) is 7.38. The number of halogens is 2. The fraction of sp³-hybridized carbons (Fsp3) is 0.368. The van der Waals surface area contributed by atoms with Gasteiger partial charge in [-0.05, 0) is 25.0 Å². The Hall–Kier alpha value is -2.68. The molecule has 0 radical (unpaired) electrons. The Balaban J connectivity index is 1.55. The van der Waals surface area contributed by atoms with Gasteiger partial charge in [-0.25, -0.2) is 23.5 Å². The molecular weight excluding hydrogens is 388 g/mol. The standard InChI is InChI=1S/C19H17F2N3O3S/c20-12-7-4-8-13(21)16(12)14-10-28-15(22-14)9-23-17(25)18(26)24(19(23)27)11-5-2-1-3-6-11/h4,7-8,10-11H,1-3,5-6,9H2. The Morgan fingerprint density at radius 1 is 1.04 bits per heavy atom. The first-order valence-electron chi connectivity index (χ1n) is 9.05. The van der Waals surface area contributed by atoms with E-state index in [-0.39, 0.29) is 23.8 Å². The zero-order valence-electron chi connectivity index (χ0n) is 14.9. The summed E-state index contributed by atoms with van der Waals surface area (Å²) < 4.78 is 27.9.